The summed E-state index contributed by atoms with van der Waals surface area (Å²) in [6.07, 6.45) is 0.829. The van der Waals surface area contributed by atoms with Crippen molar-refractivity contribution < 1.29 is 8.42 Å². The van der Waals surface area contributed by atoms with Crippen molar-refractivity contribution in [3.8, 4) is 0 Å². The summed E-state index contributed by atoms with van der Waals surface area (Å²) >= 11 is 0. The molecular weight excluding hydrogens is 272 g/mol. The number of sulfonamides is 1. The molecule has 0 aliphatic carbocycles. The minimum Gasteiger partial charge on any atom is -0.330 e. The van der Waals surface area contributed by atoms with E-state index in [9.17, 15) is 8.42 Å². The van der Waals surface area contributed by atoms with Crippen LogP contribution in [0, 0.1) is 0 Å². The monoisotopic (exact) mass is 290 g/mol. The highest BCUT2D eigenvalue weighted by atomic mass is 32.2. The van der Waals surface area contributed by atoms with E-state index >= 15 is 0 Å². The maximum atomic E-state index is 12.0. The summed E-state index contributed by atoms with van der Waals surface area (Å²) in [4.78, 5) is 0.278. The van der Waals surface area contributed by atoms with Gasteiger partial charge in [-0.3, -0.25) is 0 Å². The molecule has 0 atom stereocenters. The van der Waals surface area contributed by atoms with Crippen LogP contribution in [-0.2, 0) is 23.0 Å². The van der Waals surface area contributed by atoms with Crippen LogP contribution >= 0.6 is 0 Å². The topological polar surface area (TPSA) is 72.2 Å². The standard InChI is InChI=1S/C15H18N2O2S/c16-11-10-13-6-8-14(9-7-13)12-17-20(18,19)15-4-2-1-3-5-15/h1-9,17H,10-12,16H2. The van der Waals surface area contributed by atoms with Gasteiger partial charge in [-0.15, -0.1) is 0 Å². The van der Waals surface area contributed by atoms with Gasteiger partial charge >= 0.3 is 0 Å². The number of nitrogens with two attached hydrogens (primary N) is 1. The van der Waals surface area contributed by atoms with E-state index in [-0.39, 0.29) is 11.4 Å². The van der Waals surface area contributed by atoms with E-state index in [1.165, 1.54) is 0 Å². The molecule has 0 aliphatic rings. The molecule has 5 heteroatoms. The SMILES string of the molecule is NCCc1ccc(CNS(=O)(=O)c2ccccc2)cc1. The van der Waals surface area contributed by atoms with Gasteiger partial charge in [-0.25, -0.2) is 13.1 Å². The lowest BCUT2D eigenvalue weighted by Gasteiger charge is -2.07. The number of benzene rings is 2. The molecule has 0 aromatic heterocycles. The lowest BCUT2D eigenvalue weighted by atomic mass is 10.1. The second-order valence-corrected chi connectivity index (χ2v) is 6.26. The summed E-state index contributed by atoms with van der Waals surface area (Å²) in [6, 6.07) is 16.1. The maximum Gasteiger partial charge on any atom is 0.240 e. The molecule has 2 aromatic carbocycles. The predicted octanol–water partition coefficient (Wildman–Crippen LogP) is 1.67. The molecule has 2 aromatic rings. The van der Waals surface area contributed by atoms with Crippen LogP contribution in [0.2, 0.25) is 0 Å². The van der Waals surface area contributed by atoms with E-state index in [2.05, 4.69) is 4.72 Å². The van der Waals surface area contributed by atoms with Crippen molar-refractivity contribution in [2.45, 2.75) is 17.9 Å². The lowest BCUT2D eigenvalue weighted by Crippen LogP contribution is -2.23. The Balaban J connectivity index is 2.01. The Labute approximate surface area is 119 Å². The zero-order chi connectivity index (χ0) is 14.4. The molecule has 0 saturated heterocycles. The predicted molar refractivity (Wildman–Crippen MR) is 79.7 cm³/mol. The molecule has 20 heavy (non-hydrogen) atoms. The first kappa shape index (κ1) is 14.7. The molecule has 0 heterocycles. The van der Waals surface area contributed by atoms with Crippen LogP contribution in [0.5, 0.6) is 0 Å². The third-order valence-corrected chi connectivity index (χ3v) is 4.39. The number of nitrogens with one attached hydrogen (secondary N) is 1. The smallest absolute Gasteiger partial charge is 0.240 e. The molecule has 2 rings (SSSR count). The fourth-order valence-corrected chi connectivity index (χ4v) is 2.89. The van der Waals surface area contributed by atoms with E-state index in [1.807, 2.05) is 24.3 Å². The molecular formula is C15H18N2O2S. The number of rotatable bonds is 6. The molecule has 4 nitrogen and oxygen atoms in total. The molecule has 0 bridgehead atoms. The zero-order valence-corrected chi connectivity index (χ0v) is 11.9. The van der Waals surface area contributed by atoms with E-state index in [4.69, 9.17) is 5.73 Å². The summed E-state index contributed by atoms with van der Waals surface area (Å²) < 4.78 is 26.7. The molecule has 0 saturated carbocycles. The summed E-state index contributed by atoms with van der Waals surface area (Å²) in [5.41, 5.74) is 7.56. The highest BCUT2D eigenvalue weighted by molar-refractivity contribution is 7.89. The molecule has 0 spiro atoms. The minimum absolute atomic E-state index is 0.278. The van der Waals surface area contributed by atoms with Gasteiger partial charge in [0.25, 0.3) is 0 Å². The summed E-state index contributed by atoms with van der Waals surface area (Å²) in [5.74, 6) is 0. The van der Waals surface area contributed by atoms with Crippen molar-refractivity contribution in [3.63, 3.8) is 0 Å². The van der Waals surface area contributed by atoms with E-state index in [1.54, 1.807) is 30.3 Å². The third kappa shape index (κ3) is 3.90. The second-order valence-electron chi connectivity index (χ2n) is 4.49. The van der Waals surface area contributed by atoms with Crippen molar-refractivity contribution in [2.75, 3.05) is 6.54 Å². The fraction of sp³-hybridized carbons (Fsp3) is 0.200. The van der Waals surface area contributed by atoms with E-state index in [0.29, 0.717) is 6.54 Å². The number of hydrogen-bond acceptors (Lipinski definition) is 3. The van der Waals surface area contributed by atoms with Crippen LogP contribution in [0.3, 0.4) is 0 Å². The van der Waals surface area contributed by atoms with Gasteiger partial charge in [0.05, 0.1) is 4.90 Å². The first-order valence-electron chi connectivity index (χ1n) is 6.44. The summed E-state index contributed by atoms with van der Waals surface area (Å²) in [5, 5.41) is 0. The van der Waals surface area contributed by atoms with Crippen molar-refractivity contribution in [1.29, 1.82) is 0 Å². The highest BCUT2D eigenvalue weighted by Crippen LogP contribution is 2.09. The largest absolute Gasteiger partial charge is 0.330 e. The normalized spacial score (nSPS) is 11.4. The molecule has 106 valence electrons. The zero-order valence-electron chi connectivity index (χ0n) is 11.1. The highest BCUT2D eigenvalue weighted by Gasteiger charge is 2.12. The van der Waals surface area contributed by atoms with Gasteiger partial charge < -0.3 is 5.73 Å². The Bertz CT molecular complexity index is 637. The van der Waals surface area contributed by atoms with Crippen LogP contribution in [-0.4, -0.2) is 15.0 Å². The number of hydrogen-bond donors (Lipinski definition) is 2. The van der Waals surface area contributed by atoms with Crippen LogP contribution in [0.4, 0.5) is 0 Å². The van der Waals surface area contributed by atoms with Gasteiger partial charge in [0.15, 0.2) is 0 Å². The Morgan fingerprint density at radius 1 is 0.900 bits per heavy atom. The second kappa shape index (κ2) is 6.65. The van der Waals surface area contributed by atoms with Crippen LogP contribution in [0.15, 0.2) is 59.5 Å². The maximum absolute atomic E-state index is 12.0. The van der Waals surface area contributed by atoms with Crippen LogP contribution in [0.1, 0.15) is 11.1 Å². The molecule has 0 fully saturated rings. The minimum atomic E-state index is -3.45. The van der Waals surface area contributed by atoms with Crippen LogP contribution in [0.25, 0.3) is 0 Å². The van der Waals surface area contributed by atoms with E-state index in [0.717, 1.165) is 17.5 Å². The quantitative estimate of drug-likeness (QED) is 0.850. The van der Waals surface area contributed by atoms with Gasteiger partial charge in [-0.1, -0.05) is 42.5 Å². The molecule has 3 N–H and O–H groups in total. The Hall–Kier alpha value is -1.69. The Kier molecular flexibility index (Phi) is 4.89. The summed E-state index contributed by atoms with van der Waals surface area (Å²) in [7, 11) is -3.45. The van der Waals surface area contributed by atoms with E-state index < -0.39 is 10.0 Å². The Morgan fingerprint density at radius 2 is 1.50 bits per heavy atom. The lowest BCUT2D eigenvalue weighted by molar-refractivity contribution is 0.581. The molecule has 0 amide bonds. The van der Waals surface area contributed by atoms with Crippen molar-refractivity contribution in [3.05, 3.63) is 65.7 Å². The van der Waals surface area contributed by atoms with Crippen molar-refractivity contribution >= 4 is 10.0 Å². The molecule has 0 radical (unpaired) electrons. The molecule has 0 unspecified atom stereocenters. The first-order chi connectivity index (χ1) is 9.62. The average Bonchev–Trinajstić information content (AvgIpc) is 2.48. The third-order valence-electron chi connectivity index (χ3n) is 2.98. The molecule has 0 aliphatic heterocycles. The van der Waals surface area contributed by atoms with Crippen molar-refractivity contribution in [1.82, 2.24) is 4.72 Å². The van der Waals surface area contributed by atoms with Gasteiger partial charge in [0, 0.05) is 6.54 Å². The van der Waals surface area contributed by atoms with Crippen LogP contribution < -0.4 is 10.5 Å². The average molecular weight is 290 g/mol. The van der Waals surface area contributed by atoms with Gasteiger partial charge in [0.1, 0.15) is 0 Å². The Morgan fingerprint density at radius 3 is 2.10 bits per heavy atom. The fourth-order valence-electron chi connectivity index (χ4n) is 1.85. The van der Waals surface area contributed by atoms with Crippen molar-refractivity contribution in [2.24, 2.45) is 5.73 Å². The summed E-state index contributed by atoms with van der Waals surface area (Å²) in [6.45, 7) is 0.889. The van der Waals surface area contributed by atoms with Gasteiger partial charge in [0.2, 0.25) is 10.0 Å². The first-order valence-corrected chi connectivity index (χ1v) is 7.93. The van der Waals surface area contributed by atoms with Gasteiger partial charge in [-0.05, 0) is 36.2 Å². The van der Waals surface area contributed by atoms with Gasteiger partial charge in [-0.2, -0.15) is 0 Å².